The van der Waals surface area contributed by atoms with Gasteiger partial charge in [-0.05, 0) is 36.9 Å². The molecule has 0 aliphatic heterocycles. The molecule has 0 aliphatic carbocycles. The Morgan fingerprint density at radius 1 is 0.765 bits per heavy atom. The van der Waals surface area contributed by atoms with Crippen LogP contribution in [0.5, 0.6) is 0 Å². The minimum absolute atomic E-state index is 0.0967. The fourth-order valence-corrected chi connectivity index (χ4v) is 2.99. The first-order valence-corrected chi connectivity index (χ1v) is 10.6. The Labute approximate surface area is 196 Å². The number of nitrogens with zero attached hydrogens (tertiary/aromatic N) is 1. The van der Waals surface area contributed by atoms with Crippen molar-refractivity contribution in [2.75, 3.05) is 6.54 Å². The average molecular weight is 470 g/mol. The van der Waals surface area contributed by atoms with Gasteiger partial charge in [-0.15, -0.1) is 0 Å². The topological polar surface area (TPSA) is 153 Å². The van der Waals surface area contributed by atoms with Gasteiger partial charge in [0.25, 0.3) is 0 Å². The second-order valence-electron chi connectivity index (χ2n) is 7.24. The van der Waals surface area contributed by atoms with Gasteiger partial charge >= 0.3 is 29.7 Å². The molecule has 2 aromatic carbocycles. The number of unbranched alkanes of at least 4 members (excludes halogenated alkanes) is 1. The molecule has 10 heteroatoms. The van der Waals surface area contributed by atoms with Crippen LogP contribution < -0.4 is 5.73 Å². The van der Waals surface area contributed by atoms with Crippen molar-refractivity contribution in [2.45, 2.75) is 38.5 Å². The molecule has 10 nitrogen and oxygen atoms in total. The first-order chi connectivity index (χ1) is 16.3. The van der Waals surface area contributed by atoms with Crippen LogP contribution in [0.4, 0.5) is 0 Å². The van der Waals surface area contributed by atoms with Crippen molar-refractivity contribution in [2.24, 2.45) is 5.73 Å². The Balaban J connectivity index is 2.19. The van der Waals surface area contributed by atoms with E-state index in [1.54, 1.807) is 60.7 Å². The summed E-state index contributed by atoms with van der Waals surface area (Å²) in [6, 6.07) is 15.1. The molecule has 34 heavy (non-hydrogen) atoms. The summed E-state index contributed by atoms with van der Waals surface area (Å²) in [4.78, 5) is 62.3. The van der Waals surface area contributed by atoms with Crippen molar-refractivity contribution in [3.63, 3.8) is 0 Å². The second-order valence-corrected chi connectivity index (χ2v) is 7.24. The number of ether oxygens (including phenoxy) is 2. The van der Waals surface area contributed by atoms with Gasteiger partial charge in [-0.1, -0.05) is 60.7 Å². The highest BCUT2D eigenvalue weighted by atomic mass is 16.5. The standard InChI is InChI=1S/C24H26N2O8/c25-14-8-7-13-19(22(29)30)26(20(27)23(31)33-15-17-9-3-1-4-10-17)21(28)24(32)34-16-18-11-5-2-6-12-18/h1-6,9-12,19H,7-8,13-16,25H2,(H,29,30)/t19-/m0/s1. The lowest BCUT2D eigenvalue weighted by molar-refractivity contribution is -0.174. The maximum absolute atomic E-state index is 12.8. The highest BCUT2D eigenvalue weighted by molar-refractivity contribution is 6.44. The summed E-state index contributed by atoms with van der Waals surface area (Å²) < 4.78 is 9.88. The van der Waals surface area contributed by atoms with Gasteiger partial charge in [-0.2, -0.15) is 0 Å². The molecular formula is C24H26N2O8. The van der Waals surface area contributed by atoms with E-state index < -0.39 is 35.8 Å². The summed E-state index contributed by atoms with van der Waals surface area (Å²) >= 11 is 0. The highest BCUT2D eigenvalue weighted by Crippen LogP contribution is 2.14. The molecular weight excluding hydrogens is 444 g/mol. The first kappa shape index (κ1) is 26.2. The molecule has 0 heterocycles. The Kier molecular flexibility index (Phi) is 10.4. The number of carbonyl (C=O) groups excluding carboxylic acids is 4. The van der Waals surface area contributed by atoms with Crippen molar-refractivity contribution < 1.29 is 38.6 Å². The molecule has 3 N–H and O–H groups in total. The number of benzene rings is 2. The van der Waals surface area contributed by atoms with Crippen LogP contribution in [0.25, 0.3) is 0 Å². The molecule has 0 saturated carbocycles. The van der Waals surface area contributed by atoms with Gasteiger partial charge < -0.3 is 20.3 Å². The number of hydrogen-bond acceptors (Lipinski definition) is 8. The second kappa shape index (κ2) is 13.5. The number of imide groups is 1. The maximum atomic E-state index is 12.8. The van der Waals surface area contributed by atoms with Gasteiger partial charge in [0.1, 0.15) is 19.3 Å². The molecule has 0 radical (unpaired) electrons. The van der Waals surface area contributed by atoms with E-state index in [-0.39, 0.29) is 37.5 Å². The Bertz CT molecular complexity index is 927. The Hall–Kier alpha value is -4.05. The highest BCUT2D eigenvalue weighted by Gasteiger charge is 2.42. The quantitative estimate of drug-likeness (QED) is 0.298. The molecule has 180 valence electrons. The van der Waals surface area contributed by atoms with Crippen LogP contribution in [0, 0.1) is 0 Å². The van der Waals surface area contributed by atoms with E-state index >= 15 is 0 Å². The maximum Gasteiger partial charge on any atom is 0.397 e. The predicted molar refractivity (Wildman–Crippen MR) is 119 cm³/mol. The number of hydrogen-bond donors (Lipinski definition) is 2. The number of carboxylic acid groups (broad SMARTS) is 1. The van der Waals surface area contributed by atoms with Crippen LogP contribution in [-0.2, 0) is 46.7 Å². The average Bonchev–Trinajstić information content (AvgIpc) is 2.85. The minimum atomic E-state index is -1.78. The van der Waals surface area contributed by atoms with Gasteiger partial charge in [0.2, 0.25) is 0 Å². The molecule has 0 unspecified atom stereocenters. The van der Waals surface area contributed by atoms with Crippen LogP contribution in [0.2, 0.25) is 0 Å². The van der Waals surface area contributed by atoms with Gasteiger partial charge in [-0.25, -0.2) is 19.3 Å². The summed E-state index contributed by atoms with van der Waals surface area (Å²) in [6.45, 7) is -0.305. The summed E-state index contributed by atoms with van der Waals surface area (Å²) in [5, 5.41) is 9.64. The third-order valence-electron chi connectivity index (χ3n) is 4.74. The summed E-state index contributed by atoms with van der Waals surface area (Å²) in [5.74, 6) is -7.66. The van der Waals surface area contributed by atoms with Crippen molar-refractivity contribution in [3.8, 4) is 0 Å². The third-order valence-corrected chi connectivity index (χ3v) is 4.74. The molecule has 1 atom stereocenters. The predicted octanol–water partition coefficient (Wildman–Crippen LogP) is 1.41. The number of nitrogens with two attached hydrogens (primary N) is 1. The van der Waals surface area contributed by atoms with E-state index in [0.717, 1.165) is 0 Å². The van der Waals surface area contributed by atoms with E-state index in [0.29, 0.717) is 17.5 Å². The zero-order valence-electron chi connectivity index (χ0n) is 18.4. The van der Waals surface area contributed by atoms with Crippen LogP contribution in [0.1, 0.15) is 30.4 Å². The molecule has 0 bridgehead atoms. The number of amides is 2. The summed E-state index contributed by atoms with van der Waals surface area (Å²) in [6.07, 6.45) is 0.446. The van der Waals surface area contributed by atoms with Crippen LogP contribution in [-0.4, -0.2) is 52.3 Å². The van der Waals surface area contributed by atoms with E-state index in [1.807, 2.05) is 0 Å². The van der Waals surface area contributed by atoms with Gasteiger partial charge in [0, 0.05) is 0 Å². The lowest BCUT2D eigenvalue weighted by atomic mass is 10.1. The largest absolute Gasteiger partial charge is 0.480 e. The fraction of sp³-hybridized carbons (Fsp3) is 0.292. The van der Waals surface area contributed by atoms with Crippen molar-refractivity contribution in [1.82, 2.24) is 4.90 Å². The van der Waals surface area contributed by atoms with E-state index in [9.17, 15) is 29.1 Å². The number of aliphatic carboxylic acids is 1. The van der Waals surface area contributed by atoms with Crippen LogP contribution in [0.15, 0.2) is 60.7 Å². The number of carboxylic acids is 1. The molecule has 0 aliphatic rings. The number of carbonyl (C=O) groups is 5. The molecule has 2 aromatic rings. The van der Waals surface area contributed by atoms with Gasteiger partial charge in [-0.3, -0.25) is 9.59 Å². The van der Waals surface area contributed by atoms with E-state index in [2.05, 4.69) is 0 Å². The lowest BCUT2D eigenvalue weighted by Crippen LogP contribution is -2.54. The fourth-order valence-electron chi connectivity index (χ4n) is 2.99. The van der Waals surface area contributed by atoms with E-state index in [4.69, 9.17) is 15.2 Å². The third kappa shape index (κ3) is 7.82. The molecule has 0 fully saturated rings. The Morgan fingerprint density at radius 2 is 1.21 bits per heavy atom. The Morgan fingerprint density at radius 3 is 1.59 bits per heavy atom. The molecule has 0 aromatic heterocycles. The van der Waals surface area contributed by atoms with Crippen LogP contribution in [0.3, 0.4) is 0 Å². The lowest BCUT2D eigenvalue weighted by Gasteiger charge is -2.25. The molecule has 2 rings (SSSR count). The first-order valence-electron chi connectivity index (χ1n) is 10.6. The monoisotopic (exact) mass is 470 g/mol. The molecule has 2 amide bonds. The van der Waals surface area contributed by atoms with Gasteiger partial charge in [0.05, 0.1) is 0 Å². The zero-order chi connectivity index (χ0) is 24.9. The van der Waals surface area contributed by atoms with Crippen LogP contribution >= 0.6 is 0 Å². The SMILES string of the molecule is NCCCC[C@@H](C(=O)O)N(C(=O)C(=O)OCc1ccccc1)C(=O)C(=O)OCc1ccccc1. The van der Waals surface area contributed by atoms with Gasteiger partial charge in [0.15, 0.2) is 0 Å². The molecule has 0 spiro atoms. The molecule has 0 saturated heterocycles. The van der Waals surface area contributed by atoms with Crippen molar-refractivity contribution in [1.29, 1.82) is 0 Å². The normalized spacial score (nSPS) is 11.2. The number of rotatable bonds is 10. The zero-order valence-corrected chi connectivity index (χ0v) is 18.4. The smallest absolute Gasteiger partial charge is 0.397 e. The van der Waals surface area contributed by atoms with Crippen molar-refractivity contribution in [3.05, 3.63) is 71.8 Å². The summed E-state index contributed by atoms with van der Waals surface area (Å²) in [5.41, 5.74) is 6.57. The van der Waals surface area contributed by atoms with E-state index in [1.165, 1.54) is 0 Å². The number of esters is 2. The minimum Gasteiger partial charge on any atom is -0.480 e. The van der Waals surface area contributed by atoms with Crippen molar-refractivity contribution >= 4 is 29.7 Å². The summed E-state index contributed by atoms with van der Waals surface area (Å²) in [7, 11) is 0.